The third kappa shape index (κ3) is 3.28. The number of carbonyl (C=O) groups is 1. The molecule has 0 atom stereocenters. The van der Waals surface area contributed by atoms with Crippen molar-refractivity contribution >= 4 is 5.91 Å². The molecule has 0 fully saturated rings. The first kappa shape index (κ1) is 10.8. The number of rotatable bonds is 4. The van der Waals surface area contributed by atoms with E-state index in [9.17, 15) is 13.6 Å². The molecule has 68 valence electrons. The quantitative estimate of drug-likeness (QED) is 0.600. The van der Waals surface area contributed by atoms with Crippen LogP contribution in [0.4, 0.5) is 8.78 Å². The second kappa shape index (κ2) is 5.47. The van der Waals surface area contributed by atoms with Gasteiger partial charge in [-0.05, 0) is 6.42 Å². The molecule has 0 bridgehead atoms. The van der Waals surface area contributed by atoms with Crippen LogP contribution in [0.15, 0.2) is 0 Å². The topological polar surface area (TPSA) is 44.1 Å². The molecule has 0 saturated heterocycles. The summed E-state index contributed by atoms with van der Waals surface area (Å²) in [4.78, 5) is 11.5. The lowest BCUT2D eigenvalue weighted by molar-refractivity contribution is -0.142. The van der Waals surface area contributed by atoms with Gasteiger partial charge in [0.1, 0.15) is 6.54 Å². The van der Waals surface area contributed by atoms with Crippen LogP contribution in [0.1, 0.15) is 13.3 Å². The highest BCUT2D eigenvalue weighted by molar-refractivity contribution is 5.79. The van der Waals surface area contributed by atoms with Crippen molar-refractivity contribution in [3.8, 4) is 6.07 Å². The molecule has 0 saturated carbocycles. The van der Waals surface area contributed by atoms with E-state index in [1.807, 2.05) is 0 Å². The molecule has 0 aromatic carbocycles. The Balaban J connectivity index is 4.11. The van der Waals surface area contributed by atoms with Crippen molar-refractivity contribution in [2.75, 3.05) is 13.1 Å². The molecule has 0 aliphatic carbocycles. The molecule has 0 unspecified atom stereocenters. The van der Waals surface area contributed by atoms with Crippen LogP contribution in [0.5, 0.6) is 0 Å². The molecule has 5 heteroatoms. The Morgan fingerprint density at radius 3 is 2.58 bits per heavy atom. The number of hydrogen-bond donors (Lipinski definition) is 0. The standard InChI is InChI=1S/C7H10F2N2O/c1-2-4-11(5-3-10)7(12)6(8)9/h6H,2,4-5H2,1H3. The van der Waals surface area contributed by atoms with Gasteiger partial charge in [0.15, 0.2) is 0 Å². The van der Waals surface area contributed by atoms with Crippen LogP contribution in [0.25, 0.3) is 0 Å². The van der Waals surface area contributed by atoms with Crippen molar-refractivity contribution in [1.29, 1.82) is 5.26 Å². The minimum Gasteiger partial charge on any atom is -0.324 e. The summed E-state index contributed by atoms with van der Waals surface area (Å²) < 4.78 is 23.6. The van der Waals surface area contributed by atoms with Crippen molar-refractivity contribution in [2.45, 2.75) is 19.8 Å². The van der Waals surface area contributed by atoms with Crippen LogP contribution in [0.2, 0.25) is 0 Å². The third-order valence-corrected chi connectivity index (χ3v) is 1.25. The van der Waals surface area contributed by atoms with E-state index in [-0.39, 0.29) is 13.1 Å². The molecule has 0 N–H and O–H groups in total. The monoisotopic (exact) mass is 176 g/mol. The van der Waals surface area contributed by atoms with E-state index in [4.69, 9.17) is 5.26 Å². The van der Waals surface area contributed by atoms with Gasteiger partial charge in [-0.2, -0.15) is 14.0 Å². The van der Waals surface area contributed by atoms with Crippen LogP contribution < -0.4 is 0 Å². The maximum atomic E-state index is 11.8. The van der Waals surface area contributed by atoms with Crippen LogP contribution in [-0.4, -0.2) is 30.3 Å². The largest absolute Gasteiger partial charge is 0.324 e. The molecule has 0 aromatic rings. The lowest BCUT2D eigenvalue weighted by Crippen LogP contribution is -2.36. The van der Waals surface area contributed by atoms with Gasteiger partial charge in [-0.15, -0.1) is 0 Å². The predicted octanol–water partition coefficient (Wildman–Crippen LogP) is 1.01. The number of carbonyl (C=O) groups excluding carboxylic acids is 1. The zero-order valence-electron chi connectivity index (χ0n) is 6.76. The summed E-state index contributed by atoms with van der Waals surface area (Å²) in [5.41, 5.74) is 0. The SMILES string of the molecule is CCCN(CC#N)C(=O)C(F)F. The van der Waals surface area contributed by atoms with E-state index in [2.05, 4.69) is 0 Å². The summed E-state index contributed by atoms with van der Waals surface area (Å²) in [5, 5.41) is 8.21. The van der Waals surface area contributed by atoms with Gasteiger partial charge in [-0.1, -0.05) is 6.92 Å². The first-order valence-electron chi connectivity index (χ1n) is 3.57. The van der Waals surface area contributed by atoms with Crippen molar-refractivity contribution in [2.24, 2.45) is 0 Å². The van der Waals surface area contributed by atoms with Gasteiger partial charge in [-0.3, -0.25) is 4.79 Å². The van der Waals surface area contributed by atoms with Gasteiger partial charge >= 0.3 is 6.43 Å². The summed E-state index contributed by atoms with van der Waals surface area (Å²) in [7, 11) is 0. The van der Waals surface area contributed by atoms with Crippen LogP contribution in [0.3, 0.4) is 0 Å². The lowest BCUT2D eigenvalue weighted by atomic mass is 10.4. The van der Waals surface area contributed by atoms with Crippen LogP contribution in [-0.2, 0) is 4.79 Å². The molecule has 3 nitrogen and oxygen atoms in total. The number of halogens is 2. The van der Waals surface area contributed by atoms with Crippen molar-refractivity contribution in [1.82, 2.24) is 4.90 Å². The Kier molecular flexibility index (Phi) is 4.93. The number of alkyl halides is 2. The normalized spacial score (nSPS) is 9.58. The van der Waals surface area contributed by atoms with E-state index in [0.29, 0.717) is 6.42 Å². The third-order valence-electron chi connectivity index (χ3n) is 1.25. The predicted molar refractivity (Wildman–Crippen MR) is 38.5 cm³/mol. The summed E-state index contributed by atoms with van der Waals surface area (Å²) in [6, 6.07) is 1.66. The first-order chi connectivity index (χ1) is 5.63. The molecular formula is C7H10F2N2O. The zero-order valence-corrected chi connectivity index (χ0v) is 6.76. The van der Waals surface area contributed by atoms with E-state index in [1.165, 1.54) is 0 Å². The highest BCUT2D eigenvalue weighted by Gasteiger charge is 2.21. The Morgan fingerprint density at radius 1 is 1.67 bits per heavy atom. The Bertz CT molecular complexity index is 188. The van der Waals surface area contributed by atoms with Gasteiger partial charge in [-0.25, -0.2) is 0 Å². The second-order valence-electron chi connectivity index (χ2n) is 2.22. The van der Waals surface area contributed by atoms with Crippen molar-refractivity contribution in [3.63, 3.8) is 0 Å². The average Bonchev–Trinajstić information content (AvgIpc) is 2.03. The zero-order chi connectivity index (χ0) is 9.56. The lowest BCUT2D eigenvalue weighted by Gasteiger charge is -2.17. The Morgan fingerprint density at radius 2 is 2.25 bits per heavy atom. The highest BCUT2D eigenvalue weighted by atomic mass is 19.3. The number of amides is 1. The highest BCUT2D eigenvalue weighted by Crippen LogP contribution is 2.01. The molecule has 0 heterocycles. The molecule has 0 aliphatic rings. The molecule has 0 aliphatic heterocycles. The minimum atomic E-state index is -3.01. The van der Waals surface area contributed by atoms with Crippen LogP contribution in [0, 0.1) is 11.3 Å². The summed E-state index contributed by atoms with van der Waals surface area (Å²) in [6.45, 7) is 1.69. The van der Waals surface area contributed by atoms with Crippen molar-refractivity contribution < 1.29 is 13.6 Å². The maximum Gasteiger partial charge on any atom is 0.315 e. The van der Waals surface area contributed by atoms with Gasteiger partial charge in [0.25, 0.3) is 5.91 Å². The molecule has 1 amide bonds. The molecule has 0 aromatic heterocycles. The van der Waals surface area contributed by atoms with Crippen LogP contribution >= 0.6 is 0 Å². The summed E-state index contributed by atoms with van der Waals surface area (Å²) >= 11 is 0. The van der Waals surface area contributed by atoms with E-state index < -0.39 is 12.3 Å². The maximum absolute atomic E-state index is 11.8. The number of hydrogen-bond acceptors (Lipinski definition) is 2. The van der Waals surface area contributed by atoms with Crippen molar-refractivity contribution in [3.05, 3.63) is 0 Å². The van der Waals surface area contributed by atoms with Gasteiger partial charge in [0, 0.05) is 6.54 Å². The summed E-state index contributed by atoms with van der Waals surface area (Å²) in [5.74, 6) is -1.27. The molecular weight excluding hydrogens is 166 g/mol. The van der Waals surface area contributed by atoms with E-state index in [0.717, 1.165) is 4.90 Å². The summed E-state index contributed by atoms with van der Waals surface area (Å²) in [6.07, 6.45) is -2.44. The average molecular weight is 176 g/mol. The smallest absolute Gasteiger partial charge is 0.315 e. The fraction of sp³-hybridized carbons (Fsp3) is 0.714. The van der Waals surface area contributed by atoms with Gasteiger partial charge in [0.2, 0.25) is 0 Å². The molecule has 12 heavy (non-hydrogen) atoms. The first-order valence-corrected chi connectivity index (χ1v) is 3.57. The van der Waals surface area contributed by atoms with E-state index in [1.54, 1.807) is 13.0 Å². The number of nitriles is 1. The molecule has 0 spiro atoms. The van der Waals surface area contributed by atoms with Gasteiger partial charge < -0.3 is 4.90 Å². The fourth-order valence-corrected chi connectivity index (χ4v) is 0.760. The number of nitrogens with zero attached hydrogens (tertiary/aromatic N) is 2. The second-order valence-corrected chi connectivity index (χ2v) is 2.22. The minimum absolute atomic E-state index is 0.205. The Labute approximate surface area is 69.6 Å². The molecule has 0 rings (SSSR count). The van der Waals surface area contributed by atoms with Gasteiger partial charge in [0.05, 0.1) is 6.07 Å². The molecule has 0 radical (unpaired) electrons. The Hall–Kier alpha value is -1.18. The fourth-order valence-electron chi connectivity index (χ4n) is 0.760. The van der Waals surface area contributed by atoms with E-state index >= 15 is 0 Å².